The summed E-state index contributed by atoms with van der Waals surface area (Å²) in [7, 11) is 0. The lowest BCUT2D eigenvalue weighted by Gasteiger charge is -2.22. The van der Waals surface area contributed by atoms with E-state index in [1.165, 1.54) is 0 Å². The van der Waals surface area contributed by atoms with Gasteiger partial charge in [0.15, 0.2) is 17.0 Å². The van der Waals surface area contributed by atoms with Crippen LogP contribution in [-0.2, 0) is 15.1 Å². The summed E-state index contributed by atoms with van der Waals surface area (Å²) in [6.45, 7) is 3.94. The van der Waals surface area contributed by atoms with Crippen molar-refractivity contribution in [1.29, 1.82) is 0 Å². The van der Waals surface area contributed by atoms with Crippen LogP contribution in [0.1, 0.15) is 31.2 Å². The van der Waals surface area contributed by atoms with E-state index in [4.69, 9.17) is 13.9 Å². The number of ether oxygens (including phenoxy) is 2. The molecule has 0 spiro atoms. The minimum Gasteiger partial charge on any atom is -0.486 e. The SMILES string of the molecule is C[C@@H](NC(=O)CN1C(=O)N[C@@](C)(c2cc3ccccc3o2)C1=O)c1ccc2c(c1)OCCO2. The van der Waals surface area contributed by atoms with Crippen molar-refractivity contribution in [3.63, 3.8) is 0 Å². The topological polar surface area (TPSA) is 110 Å². The lowest BCUT2D eigenvalue weighted by atomic mass is 9.99. The second-order valence-corrected chi connectivity index (χ2v) is 8.29. The van der Waals surface area contributed by atoms with E-state index in [2.05, 4.69) is 10.6 Å². The quantitative estimate of drug-likeness (QED) is 0.580. The standard InChI is InChI=1S/C24H23N3O6/c1-14(15-7-8-18-19(11-15)32-10-9-31-18)25-21(28)13-27-22(29)24(2,26-23(27)30)20-12-16-5-3-4-6-17(16)33-20/h3-8,11-12,14H,9-10,13H2,1-2H3,(H,25,28)(H,26,30)/t14-,24+/m1/s1. The number of para-hydroxylation sites is 1. The highest BCUT2D eigenvalue weighted by Crippen LogP contribution is 2.34. The fraction of sp³-hybridized carbons (Fsp3) is 0.292. The van der Waals surface area contributed by atoms with Gasteiger partial charge < -0.3 is 24.5 Å². The molecule has 0 aliphatic carbocycles. The molecule has 5 rings (SSSR count). The number of hydrogen-bond acceptors (Lipinski definition) is 6. The van der Waals surface area contributed by atoms with Crippen molar-refractivity contribution in [3.05, 3.63) is 59.9 Å². The summed E-state index contributed by atoms with van der Waals surface area (Å²) in [5.41, 5.74) is 0.0369. The molecule has 33 heavy (non-hydrogen) atoms. The van der Waals surface area contributed by atoms with Crippen LogP contribution in [0.4, 0.5) is 4.79 Å². The third-order valence-corrected chi connectivity index (χ3v) is 5.94. The number of carbonyl (C=O) groups excluding carboxylic acids is 3. The molecule has 0 saturated carbocycles. The highest BCUT2D eigenvalue weighted by molar-refractivity contribution is 6.09. The van der Waals surface area contributed by atoms with Crippen LogP contribution in [0.15, 0.2) is 52.9 Å². The summed E-state index contributed by atoms with van der Waals surface area (Å²) >= 11 is 0. The molecule has 2 aliphatic heterocycles. The predicted molar refractivity (Wildman–Crippen MR) is 118 cm³/mol. The van der Waals surface area contributed by atoms with Gasteiger partial charge in [-0.25, -0.2) is 4.79 Å². The van der Waals surface area contributed by atoms with Gasteiger partial charge >= 0.3 is 6.03 Å². The molecule has 1 aromatic heterocycles. The first-order valence-corrected chi connectivity index (χ1v) is 10.7. The number of imide groups is 1. The van der Waals surface area contributed by atoms with Gasteiger partial charge in [-0.2, -0.15) is 0 Å². The van der Waals surface area contributed by atoms with E-state index >= 15 is 0 Å². The van der Waals surface area contributed by atoms with Crippen LogP contribution in [0.3, 0.4) is 0 Å². The van der Waals surface area contributed by atoms with Gasteiger partial charge in [0.25, 0.3) is 5.91 Å². The summed E-state index contributed by atoms with van der Waals surface area (Å²) in [6.07, 6.45) is 0. The number of amides is 4. The Morgan fingerprint density at radius 2 is 1.88 bits per heavy atom. The molecule has 0 radical (unpaired) electrons. The largest absolute Gasteiger partial charge is 0.486 e. The molecular formula is C24H23N3O6. The number of fused-ring (bicyclic) bond motifs is 2. The molecule has 9 heteroatoms. The van der Waals surface area contributed by atoms with E-state index in [1.807, 2.05) is 37.3 Å². The monoisotopic (exact) mass is 449 g/mol. The van der Waals surface area contributed by atoms with Gasteiger partial charge in [-0.05, 0) is 43.7 Å². The van der Waals surface area contributed by atoms with Crippen molar-refractivity contribution in [1.82, 2.24) is 15.5 Å². The van der Waals surface area contributed by atoms with E-state index in [-0.39, 0.29) is 6.04 Å². The van der Waals surface area contributed by atoms with Crippen LogP contribution < -0.4 is 20.1 Å². The zero-order valence-electron chi connectivity index (χ0n) is 18.2. The summed E-state index contributed by atoms with van der Waals surface area (Å²) in [5.74, 6) is 0.585. The normalized spacial score (nSPS) is 20.6. The van der Waals surface area contributed by atoms with Gasteiger partial charge in [0.2, 0.25) is 5.91 Å². The third-order valence-electron chi connectivity index (χ3n) is 5.94. The second-order valence-electron chi connectivity index (χ2n) is 8.29. The number of furan rings is 1. The van der Waals surface area contributed by atoms with Gasteiger partial charge in [0.05, 0.1) is 6.04 Å². The molecule has 2 atom stereocenters. The van der Waals surface area contributed by atoms with E-state index in [9.17, 15) is 14.4 Å². The summed E-state index contributed by atoms with van der Waals surface area (Å²) in [4.78, 5) is 39.3. The molecule has 1 saturated heterocycles. The van der Waals surface area contributed by atoms with Gasteiger partial charge in [-0.3, -0.25) is 14.5 Å². The van der Waals surface area contributed by atoms with Crippen LogP contribution in [-0.4, -0.2) is 42.5 Å². The van der Waals surface area contributed by atoms with Crippen molar-refractivity contribution < 1.29 is 28.3 Å². The van der Waals surface area contributed by atoms with Gasteiger partial charge in [-0.15, -0.1) is 0 Å². The Labute approximate surface area is 189 Å². The molecule has 2 aromatic carbocycles. The van der Waals surface area contributed by atoms with Crippen molar-refractivity contribution in [2.24, 2.45) is 0 Å². The second kappa shape index (κ2) is 7.84. The molecule has 0 bridgehead atoms. The maximum Gasteiger partial charge on any atom is 0.325 e. The van der Waals surface area contributed by atoms with Crippen LogP contribution in [0.5, 0.6) is 11.5 Å². The third kappa shape index (κ3) is 3.65. The fourth-order valence-corrected chi connectivity index (χ4v) is 4.08. The smallest absolute Gasteiger partial charge is 0.325 e. The summed E-state index contributed by atoms with van der Waals surface area (Å²) in [5, 5.41) is 6.31. The Kier molecular flexibility index (Phi) is 4.96. The molecule has 3 heterocycles. The molecule has 3 aromatic rings. The van der Waals surface area contributed by atoms with E-state index in [1.54, 1.807) is 25.1 Å². The maximum absolute atomic E-state index is 13.1. The maximum atomic E-state index is 13.1. The Bertz CT molecular complexity index is 1240. The van der Waals surface area contributed by atoms with Crippen molar-refractivity contribution in [2.75, 3.05) is 19.8 Å². The van der Waals surface area contributed by atoms with Crippen molar-refractivity contribution >= 4 is 28.8 Å². The van der Waals surface area contributed by atoms with Crippen LogP contribution in [0.2, 0.25) is 0 Å². The van der Waals surface area contributed by atoms with Crippen LogP contribution in [0.25, 0.3) is 11.0 Å². The van der Waals surface area contributed by atoms with E-state index < -0.39 is 29.9 Å². The van der Waals surface area contributed by atoms with Crippen LogP contribution >= 0.6 is 0 Å². The predicted octanol–water partition coefficient (Wildman–Crippen LogP) is 2.85. The van der Waals surface area contributed by atoms with Gasteiger partial charge in [0.1, 0.15) is 31.1 Å². The first kappa shape index (κ1) is 20.9. The molecule has 1 fully saturated rings. The Morgan fingerprint density at radius 3 is 2.67 bits per heavy atom. The average Bonchev–Trinajstić information content (AvgIpc) is 3.34. The molecule has 4 amide bonds. The number of carbonyl (C=O) groups is 3. The van der Waals surface area contributed by atoms with Crippen molar-refractivity contribution in [3.8, 4) is 11.5 Å². The molecular weight excluding hydrogens is 426 g/mol. The highest BCUT2D eigenvalue weighted by Gasteiger charge is 2.51. The van der Waals surface area contributed by atoms with Crippen LogP contribution in [0, 0.1) is 0 Å². The minimum atomic E-state index is -1.39. The van der Waals surface area contributed by atoms with Gasteiger partial charge in [0, 0.05) is 5.39 Å². The number of nitrogens with zero attached hydrogens (tertiary/aromatic N) is 1. The first-order valence-electron chi connectivity index (χ1n) is 10.7. The van der Waals surface area contributed by atoms with E-state index in [0.717, 1.165) is 15.8 Å². The van der Waals surface area contributed by atoms with Gasteiger partial charge in [-0.1, -0.05) is 24.3 Å². The lowest BCUT2D eigenvalue weighted by Crippen LogP contribution is -2.43. The minimum absolute atomic E-state index is 0.314. The number of nitrogens with one attached hydrogen (secondary N) is 2. The highest BCUT2D eigenvalue weighted by atomic mass is 16.6. The number of hydrogen-bond donors (Lipinski definition) is 2. The summed E-state index contributed by atoms with van der Waals surface area (Å²) in [6, 6.07) is 13.5. The Balaban J connectivity index is 1.28. The summed E-state index contributed by atoms with van der Waals surface area (Å²) < 4.78 is 16.9. The average molecular weight is 449 g/mol. The first-order chi connectivity index (χ1) is 15.8. The zero-order chi connectivity index (χ0) is 23.2. The molecule has 2 aliphatic rings. The number of rotatable bonds is 5. The zero-order valence-corrected chi connectivity index (χ0v) is 18.2. The molecule has 9 nitrogen and oxygen atoms in total. The lowest BCUT2D eigenvalue weighted by molar-refractivity contribution is -0.135. The molecule has 2 N–H and O–H groups in total. The molecule has 170 valence electrons. The number of urea groups is 1. The van der Waals surface area contributed by atoms with Crippen molar-refractivity contribution in [2.45, 2.75) is 25.4 Å². The Morgan fingerprint density at radius 1 is 1.12 bits per heavy atom. The fourth-order valence-electron chi connectivity index (χ4n) is 4.08. The molecule has 0 unspecified atom stereocenters. The number of benzene rings is 2. The van der Waals surface area contributed by atoms with E-state index in [0.29, 0.717) is 36.1 Å². The Hall–Kier alpha value is -4.01.